The molecule has 0 radical (unpaired) electrons. The number of ether oxygens (including phenoxy) is 2. The van der Waals surface area contributed by atoms with E-state index in [0.29, 0.717) is 16.2 Å². The van der Waals surface area contributed by atoms with Gasteiger partial charge in [-0.15, -0.1) is 0 Å². The van der Waals surface area contributed by atoms with Crippen LogP contribution >= 0.6 is 11.6 Å². The van der Waals surface area contributed by atoms with E-state index in [-0.39, 0.29) is 5.78 Å². The molecular formula is C29H21ClO3. The topological polar surface area (TPSA) is 35.5 Å². The number of allylic oxidation sites excluding steroid dienone is 1. The van der Waals surface area contributed by atoms with Crippen LogP contribution in [0, 0.1) is 0 Å². The van der Waals surface area contributed by atoms with Gasteiger partial charge in [0.05, 0.1) is 14.2 Å². The van der Waals surface area contributed by atoms with Crippen molar-refractivity contribution < 1.29 is 14.3 Å². The molecule has 0 N–H and O–H groups in total. The Kier molecular flexibility index (Phi) is 5.49. The molecule has 1 aliphatic rings. The second-order valence-electron chi connectivity index (χ2n) is 7.80. The molecule has 0 unspecified atom stereocenters. The smallest absolute Gasteiger partial charge is 0.194 e. The highest BCUT2D eigenvalue weighted by Crippen LogP contribution is 2.44. The summed E-state index contributed by atoms with van der Waals surface area (Å²) in [5.41, 5.74) is 7.10. The van der Waals surface area contributed by atoms with E-state index in [2.05, 4.69) is 6.07 Å². The average molecular weight is 453 g/mol. The monoisotopic (exact) mass is 452 g/mol. The third-order valence-corrected chi connectivity index (χ3v) is 6.20. The summed E-state index contributed by atoms with van der Waals surface area (Å²) in [4.78, 5) is 13.6. The summed E-state index contributed by atoms with van der Waals surface area (Å²) in [7, 11) is 3.28. The van der Waals surface area contributed by atoms with Gasteiger partial charge in [-0.05, 0) is 76.3 Å². The highest BCUT2D eigenvalue weighted by molar-refractivity contribution is 6.41. The van der Waals surface area contributed by atoms with Gasteiger partial charge in [0.15, 0.2) is 5.78 Å². The molecule has 0 amide bonds. The molecule has 4 heteroatoms. The molecule has 3 nitrogen and oxygen atoms in total. The van der Waals surface area contributed by atoms with E-state index in [0.717, 1.165) is 44.9 Å². The molecule has 0 aromatic heterocycles. The van der Waals surface area contributed by atoms with Crippen molar-refractivity contribution in [1.82, 2.24) is 0 Å². The summed E-state index contributed by atoms with van der Waals surface area (Å²) in [6, 6.07) is 29.2. The van der Waals surface area contributed by atoms with Crippen LogP contribution in [0.15, 0.2) is 91.0 Å². The molecule has 5 rings (SSSR count). The molecule has 33 heavy (non-hydrogen) atoms. The number of fused-ring (bicyclic) bond motifs is 1. The number of methoxy groups -OCH3 is 2. The largest absolute Gasteiger partial charge is 0.497 e. The van der Waals surface area contributed by atoms with Crippen molar-refractivity contribution in [3.05, 3.63) is 118 Å². The minimum Gasteiger partial charge on any atom is -0.497 e. The Hall–Kier alpha value is -3.82. The molecule has 0 heterocycles. The van der Waals surface area contributed by atoms with Gasteiger partial charge in [0.1, 0.15) is 11.5 Å². The zero-order valence-corrected chi connectivity index (χ0v) is 19.0. The van der Waals surface area contributed by atoms with E-state index in [9.17, 15) is 4.79 Å². The third-order valence-electron chi connectivity index (χ3n) is 5.95. The zero-order valence-electron chi connectivity index (χ0n) is 18.3. The first kappa shape index (κ1) is 21.0. The number of Topliss-reactive ketones (excluding diaryl/α,β-unsaturated/α-hetero) is 1. The van der Waals surface area contributed by atoms with Crippen LogP contribution < -0.4 is 9.47 Å². The number of benzene rings is 4. The molecule has 0 atom stereocenters. The molecule has 4 aromatic rings. The van der Waals surface area contributed by atoms with Crippen LogP contribution in [0.25, 0.3) is 22.3 Å². The first-order valence-corrected chi connectivity index (χ1v) is 10.9. The molecule has 0 aliphatic heterocycles. The van der Waals surface area contributed by atoms with Gasteiger partial charge in [-0.3, -0.25) is 4.79 Å². The van der Waals surface area contributed by atoms with Gasteiger partial charge in [-0.25, -0.2) is 0 Å². The van der Waals surface area contributed by atoms with Gasteiger partial charge >= 0.3 is 0 Å². The second-order valence-corrected chi connectivity index (χ2v) is 8.24. The molecule has 0 bridgehead atoms. The first-order chi connectivity index (χ1) is 16.1. The SMILES string of the molecule is COc1ccc(C2=C(c3ccc(Cl)cc3)c3cc(-c4ccc(OC)cc4)ccc3C2=O)cc1. The number of hydrogen-bond acceptors (Lipinski definition) is 3. The third kappa shape index (κ3) is 3.81. The zero-order chi connectivity index (χ0) is 22.9. The van der Waals surface area contributed by atoms with Crippen molar-refractivity contribution in [2.75, 3.05) is 14.2 Å². The maximum atomic E-state index is 13.6. The normalized spacial score (nSPS) is 12.6. The summed E-state index contributed by atoms with van der Waals surface area (Å²) in [5.74, 6) is 1.57. The fourth-order valence-corrected chi connectivity index (χ4v) is 4.37. The molecule has 4 aromatic carbocycles. The van der Waals surface area contributed by atoms with Crippen molar-refractivity contribution >= 4 is 28.5 Å². The van der Waals surface area contributed by atoms with Crippen molar-refractivity contribution in [3.63, 3.8) is 0 Å². The summed E-state index contributed by atoms with van der Waals surface area (Å²) in [6.45, 7) is 0. The van der Waals surface area contributed by atoms with E-state index in [1.807, 2.05) is 84.9 Å². The Morgan fingerprint density at radius 2 is 1.03 bits per heavy atom. The molecular weight excluding hydrogens is 432 g/mol. The Morgan fingerprint density at radius 1 is 0.545 bits per heavy atom. The highest BCUT2D eigenvalue weighted by Gasteiger charge is 2.31. The lowest BCUT2D eigenvalue weighted by molar-refractivity contribution is 0.105. The van der Waals surface area contributed by atoms with Crippen molar-refractivity contribution in [1.29, 1.82) is 0 Å². The van der Waals surface area contributed by atoms with Gasteiger partial charge in [-0.2, -0.15) is 0 Å². The minimum atomic E-state index is 0.0152. The molecule has 162 valence electrons. The summed E-state index contributed by atoms with van der Waals surface area (Å²) < 4.78 is 10.6. The maximum absolute atomic E-state index is 13.6. The number of carbonyl (C=O) groups is 1. The number of hydrogen-bond donors (Lipinski definition) is 0. The van der Waals surface area contributed by atoms with Crippen LogP contribution in [0.3, 0.4) is 0 Å². The lowest BCUT2D eigenvalue weighted by Gasteiger charge is -2.11. The van der Waals surface area contributed by atoms with E-state index in [4.69, 9.17) is 21.1 Å². The number of halogens is 1. The number of ketones is 1. The van der Waals surface area contributed by atoms with Crippen LogP contribution in [0.1, 0.15) is 27.0 Å². The molecule has 0 saturated heterocycles. The van der Waals surface area contributed by atoms with Crippen molar-refractivity contribution in [2.45, 2.75) is 0 Å². The van der Waals surface area contributed by atoms with E-state index < -0.39 is 0 Å². The van der Waals surface area contributed by atoms with Crippen LogP contribution in [0.5, 0.6) is 11.5 Å². The number of rotatable bonds is 5. The van der Waals surface area contributed by atoms with Gasteiger partial charge < -0.3 is 9.47 Å². The quantitative estimate of drug-likeness (QED) is 0.321. The van der Waals surface area contributed by atoms with E-state index in [1.165, 1.54) is 0 Å². The standard InChI is InChI=1S/C29H21ClO3/c1-32-23-12-5-18(6-13-23)21-9-16-25-26(17-21)27(19-3-10-22(30)11-4-19)28(29(25)31)20-7-14-24(33-2)15-8-20/h3-17H,1-2H3. The van der Waals surface area contributed by atoms with Crippen LogP contribution in [0.2, 0.25) is 5.02 Å². The summed E-state index contributed by atoms with van der Waals surface area (Å²) in [6.07, 6.45) is 0. The fourth-order valence-electron chi connectivity index (χ4n) is 4.24. The Bertz CT molecular complexity index is 1370. The van der Waals surface area contributed by atoms with E-state index in [1.54, 1.807) is 14.2 Å². The molecule has 0 spiro atoms. The van der Waals surface area contributed by atoms with Gasteiger partial charge in [-0.1, -0.05) is 54.1 Å². The predicted molar refractivity (Wildman–Crippen MR) is 133 cm³/mol. The first-order valence-electron chi connectivity index (χ1n) is 10.6. The Labute approximate surface area is 197 Å². The summed E-state index contributed by atoms with van der Waals surface area (Å²) >= 11 is 6.16. The van der Waals surface area contributed by atoms with Gasteiger partial charge in [0.25, 0.3) is 0 Å². The second kappa shape index (κ2) is 8.61. The summed E-state index contributed by atoms with van der Waals surface area (Å²) in [5, 5.41) is 0.655. The lowest BCUT2D eigenvalue weighted by Crippen LogP contribution is -1.98. The molecule has 1 aliphatic carbocycles. The average Bonchev–Trinajstić information content (AvgIpc) is 3.16. The minimum absolute atomic E-state index is 0.0152. The maximum Gasteiger partial charge on any atom is 0.194 e. The Balaban J connectivity index is 1.71. The van der Waals surface area contributed by atoms with Gasteiger partial charge in [0.2, 0.25) is 0 Å². The van der Waals surface area contributed by atoms with Crippen molar-refractivity contribution in [2.24, 2.45) is 0 Å². The van der Waals surface area contributed by atoms with Gasteiger partial charge in [0, 0.05) is 21.7 Å². The van der Waals surface area contributed by atoms with Crippen LogP contribution in [-0.2, 0) is 0 Å². The highest BCUT2D eigenvalue weighted by atomic mass is 35.5. The number of carbonyl (C=O) groups excluding carboxylic acids is 1. The lowest BCUT2D eigenvalue weighted by atomic mass is 9.93. The van der Waals surface area contributed by atoms with Crippen LogP contribution in [-0.4, -0.2) is 20.0 Å². The fraction of sp³-hybridized carbons (Fsp3) is 0.0690. The predicted octanol–water partition coefficient (Wildman–Crippen LogP) is 7.18. The Morgan fingerprint density at radius 3 is 1.61 bits per heavy atom. The van der Waals surface area contributed by atoms with Crippen molar-refractivity contribution in [3.8, 4) is 22.6 Å². The molecule has 0 fully saturated rings. The molecule has 0 saturated carbocycles. The van der Waals surface area contributed by atoms with E-state index >= 15 is 0 Å². The van der Waals surface area contributed by atoms with Crippen LogP contribution in [0.4, 0.5) is 0 Å².